The van der Waals surface area contributed by atoms with Crippen LogP contribution in [0.2, 0.25) is 5.28 Å². The molecule has 1 heterocycles. The van der Waals surface area contributed by atoms with Crippen molar-refractivity contribution < 1.29 is 0 Å². The Balaban J connectivity index is 2.20. The third-order valence-corrected chi connectivity index (χ3v) is 3.97. The molecule has 0 bridgehead atoms. The van der Waals surface area contributed by atoms with Gasteiger partial charge in [-0.2, -0.15) is 0 Å². The molecule has 1 fully saturated rings. The van der Waals surface area contributed by atoms with Gasteiger partial charge in [0.25, 0.3) is 0 Å². The molecule has 1 saturated carbocycles. The highest BCUT2D eigenvalue weighted by Crippen LogP contribution is 2.53. The van der Waals surface area contributed by atoms with E-state index >= 15 is 0 Å². The summed E-state index contributed by atoms with van der Waals surface area (Å²) in [5, 5.41) is 8.56. The third kappa shape index (κ3) is 1.89. The van der Waals surface area contributed by atoms with Crippen molar-refractivity contribution in [1.29, 1.82) is 0 Å². The first-order valence-corrected chi connectivity index (χ1v) is 6.04. The lowest BCUT2D eigenvalue weighted by atomic mass is 9.92. The molecule has 1 aliphatic carbocycles. The Bertz CT molecular complexity index is 353. The first-order valence-electron chi connectivity index (χ1n) is 5.66. The van der Waals surface area contributed by atoms with Gasteiger partial charge in [-0.3, -0.25) is 0 Å². The molecule has 0 amide bonds. The van der Waals surface area contributed by atoms with Crippen LogP contribution in [0.3, 0.4) is 0 Å². The number of hydrogen-bond donors (Lipinski definition) is 0. The Morgan fingerprint density at radius 2 is 2.07 bits per heavy atom. The Morgan fingerprint density at radius 3 is 2.53 bits per heavy atom. The van der Waals surface area contributed by atoms with Gasteiger partial charge in [0.05, 0.1) is 0 Å². The summed E-state index contributed by atoms with van der Waals surface area (Å²) in [6, 6.07) is 0. The molecule has 0 aromatic carbocycles. The van der Waals surface area contributed by atoms with Crippen LogP contribution in [0.4, 0.5) is 0 Å². The predicted molar refractivity (Wildman–Crippen MR) is 60.9 cm³/mol. The van der Waals surface area contributed by atoms with E-state index in [0.717, 1.165) is 18.8 Å². The van der Waals surface area contributed by atoms with Gasteiger partial charge in [0.1, 0.15) is 5.82 Å². The largest absolute Gasteiger partial charge is 0.301 e. The van der Waals surface area contributed by atoms with Crippen molar-refractivity contribution >= 4 is 11.6 Å². The fourth-order valence-electron chi connectivity index (χ4n) is 2.12. The first kappa shape index (κ1) is 10.9. The van der Waals surface area contributed by atoms with E-state index in [1.807, 2.05) is 0 Å². The Kier molecular flexibility index (Phi) is 2.75. The monoisotopic (exact) mass is 227 g/mol. The normalized spacial score (nSPS) is 18.5. The summed E-state index contributed by atoms with van der Waals surface area (Å²) < 4.78 is 2.08. The molecule has 15 heavy (non-hydrogen) atoms. The third-order valence-electron chi connectivity index (χ3n) is 3.69. The quantitative estimate of drug-likeness (QED) is 0.792. The molecule has 0 spiro atoms. The number of aryl methyl sites for hydroxylation is 1. The molecule has 84 valence electrons. The highest BCUT2D eigenvalue weighted by atomic mass is 35.5. The fourth-order valence-corrected chi connectivity index (χ4v) is 2.32. The molecule has 0 N–H and O–H groups in total. The molecule has 0 radical (unpaired) electrons. The van der Waals surface area contributed by atoms with Crippen LogP contribution in [0.25, 0.3) is 0 Å². The van der Waals surface area contributed by atoms with E-state index in [0.29, 0.717) is 16.6 Å². The van der Waals surface area contributed by atoms with Crippen LogP contribution in [-0.2, 0) is 13.0 Å². The molecule has 4 heteroatoms. The van der Waals surface area contributed by atoms with Gasteiger partial charge in [-0.25, -0.2) is 0 Å². The molecular formula is C11H18ClN3. The van der Waals surface area contributed by atoms with E-state index < -0.39 is 0 Å². The van der Waals surface area contributed by atoms with Gasteiger partial charge in [0.15, 0.2) is 0 Å². The van der Waals surface area contributed by atoms with Crippen molar-refractivity contribution in [2.75, 3.05) is 0 Å². The summed E-state index contributed by atoms with van der Waals surface area (Å²) in [6.45, 7) is 7.65. The van der Waals surface area contributed by atoms with Crippen LogP contribution < -0.4 is 0 Å². The topological polar surface area (TPSA) is 30.7 Å². The van der Waals surface area contributed by atoms with Crippen LogP contribution in [0.5, 0.6) is 0 Å². The minimum atomic E-state index is 0.454. The van der Waals surface area contributed by atoms with Crippen LogP contribution in [0, 0.1) is 11.3 Å². The second-order valence-electron chi connectivity index (χ2n) is 4.84. The summed E-state index contributed by atoms with van der Waals surface area (Å²) in [4.78, 5) is 0. The number of aromatic nitrogens is 3. The lowest BCUT2D eigenvalue weighted by Crippen LogP contribution is -2.19. The number of hydrogen-bond acceptors (Lipinski definition) is 2. The summed E-state index contributed by atoms with van der Waals surface area (Å²) in [6.07, 6.45) is 3.51. The highest BCUT2D eigenvalue weighted by Gasteiger charge is 2.46. The summed E-state index contributed by atoms with van der Waals surface area (Å²) in [5.41, 5.74) is 0.454. The Morgan fingerprint density at radius 1 is 1.40 bits per heavy atom. The van der Waals surface area contributed by atoms with E-state index in [4.69, 9.17) is 11.6 Å². The van der Waals surface area contributed by atoms with Gasteiger partial charge in [0.2, 0.25) is 5.28 Å². The molecule has 1 aliphatic rings. The maximum atomic E-state index is 6.05. The van der Waals surface area contributed by atoms with Gasteiger partial charge in [-0.05, 0) is 35.8 Å². The second kappa shape index (κ2) is 3.78. The SMILES string of the molecule is CCc1nnc(Cl)n1CC1(C(C)C)CC1. The minimum Gasteiger partial charge on any atom is -0.301 e. The van der Waals surface area contributed by atoms with Crippen LogP contribution in [0.1, 0.15) is 39.4 Å². The van der Waals surface area contributed by atoms with Crippen molar-refractivity contribution in [1.82, 2.24) is 14.8 Å². The van der Waals surface area contributed by atoms with Gasteiger partial charge >= 0.3 is 0 Å². The molecule has 0 atom stereocenters. The average molecular weight is 228 g/mol. The standard InChI is InChI=1S/C11H18ClN3/c1-4-9-13-14-10(12)15(9)7-11(5-6-11)8(2)3/h8H,4-7H2,1-3H3. The number of halogens is 1. The number of rotatable bonds is 4. The summed E-state index contributed by atoms with van der Waals surface area (Å²) in [7, 11) is 0. The summed E-state index contributed by atoms with van der Waals surface area (Å²) in [5.74, 6) is 1.72. The van der Waals surface area contributed by atoms with Gasteiger partial charge < -0.3 is 4.57 Å². The maximum absolute atomic E-state index is 6.05. The van der Waals surface area contributed by atoms with Crippen LogP contribution >= 0.6 is 11.6 Å². The average Bonchev–Trinajstić information content (AvgIpc) is 2.90. The van der Waals surface area contributed by atoms with Crippen molar-refractivity contribution in [3.8, 4) is 0 Å². The zero-order valence-electron chi connectivity index (χ0n) is 9.63. The first-order chi connectivity index (χ1) is 7.09. The number of nitrogens with zero attached hydrogens (tertiary/aromatic N) is 3. The van der Waals surface area contributed by atoms with Crippen molar-refractivity contribution in [2.45, 2.75) is 46.6 Å². The van der Waals surface area contributed by atoms with Gasteiger partial charge in [0, 0.05) is 13.0 Å². The highest BCUT2D eigenvalue weighted by molar-refractivity contribution is 6.28. The van der Waals surface area contributed by atoms with Gasteiger partial charge in [-0.1, -0.05) is 20.8 Å². The van der Waals surface area contributed by atoms with Crippen LogP contribution in [0.15, 0.2) is 0 Å². The van der Waals surface area contributed by atoms with Crippen molar-refractivity contribution in [3.63, 3.8) is 0 Å². The molecule has 2 rings (SSSR count). The molecule has 1 aromatic rings. The lowest BCUT2D eigenvalue weighted by molar-refractivity contribution is 0.305. The Hall–Kier alpha value is -0.570. The Labute approximate surface area is 95.8 Å². The van der Waals surface area contributed by atoms with E-state index in [1.165, 1.54) is 12.8 Å². The van der Waals surface area contributed by atoms with E-state index in [2.05, 4.69) is 35.5 Å². The second-order valence-corrected chi connectivity index (χ2v) is 5.18. The van der Waals surface area contributed by atoms with E-state index in [1.54, 1.807) is 0 Å². The maximum Gasteiger partial charge on any atom is 0.225 e. The minimum absolute atomic E-state index is 0.454. The van der Waals surface area contributed by atoms with Gasteiger partial charge in [-0.15, -0.1) is 10.2 Å². The van der Waals surface area contributed by atoms with Crippen molar-refractivity contribution in [2.24, 2.45) is 11.3 Å². The van der Waals surface area contributed by atoms with Crippen LogP contribution in [-0.4, -0.2) is 14.8 Å². The lowest BCUT2D eigenvalue weighted by Gasteiger charge is -2.21. The zero-order valence-corrected chi connectivity index (χ0v) is 10.4. The zero-order chi connectivity index (χ0) is 11.1. The molecule has 0 saturated heterocycles. The molecule has 0 unspecified atom stereocenters. The summed E-state index contributed by atoms with van der Waals surface area (Å²) >= 11 is 6.05. The van der Waals surface area contributed by atoms with Crippen molar-refractivity contribution in [3.05, 3.63) is 11.1 Å². The molecular weight excluding hydrogens is 210 g/mol. The molecule has 1 aromatic heterocycles. The fraction of sp³-hybridized carbons (Fsp3) is 0.818. The molecule has 0 aliphatic heterocycles. The predicted octanol–water partition coefficient (Wildman–Crippen LogP) is 2.93. The molecule has 3 nitrogen and oxygen atoms in total. The smallest absolute Gasteiger partial charge is 0.225 e. The van der Waals surface area contributed by atoms with E-state index in [-0.39, 0.29) is 0 Å². The van der Waals surface area contributed by atoms with E-state index in [9.17, 15) is 0 Å².